The van der Waals surface area contributed by atoms with Crippen LogP contribution in [-0.4, -0.2) is 9.46 Å². The highest BCUT2D eigenvalue weighted by Gasteiger charge is 2.27. The molecule has 0 heterocycles. The number of halogens is 1. The van der Waals surface area contributed by atoms with Gasteiger partial charge in [-0.15, -0.1) is 0 Å². The summed E-state index contributed by atoms with van der Waals surface area (Å²) in [6.07, 6.45) is 5.75. The maximum absolute atomic E-state index is 12.6. The molecule has 0 bridgehead atoms. The molecular formula is C14H20ClNOS. The Kier molecular flexibility index (Phi) is 4.68. The Hall–Kier alpha value is -0.540. The van der Waals surface area contributed by atoms with Gasteiger partial charge in [-0.05, 0) is 37.0 Å². The van der Waals surface area contributed by atoms with Gasteiger partial charge in [-0.3, -0.25) is 4.21 Å². The van der Waals surface area contributed by atoms with Gasteiger partial charge < -0.3 is 5.73 Å². The molecule has 1 aromatic carbocycles. The maximum Gasteiger partial charge on any atom is 0.0588 e. The summed E-state index contributed by atoms with van der Waals surface area (Å²) in [6.45, 7) is 2.21. The zero-order chi connectivity index (χ0) is 13.1. The van der Waals surface area contributed by atoms with Crippen LogP contribution >= 0.6 is 11.6 Å². The predicted octanol–water partition coefficient (Wildman–Crippen LogP) is 4.00. The van der Waals surface area contributed by atoms with Gasteiger partial charge >= 0.3 is 0 Å². The van der Waals surface area contributed by atoms with E-state index in [4.69, 9.17) is 17.3 Å². The zero-order valence-corrected chi connectivity index (χ0v) is 12.3. The number of hydrogen-bond donors (Lipinski definition) is 1. The molecule has 0 aliphatic heterocycles. The first-order chi connectivity index (χ1) is 8.61. The fourth-order valence-electron chi connectivity index (χ4n) is 2.67. The van der Waals surface area contributed by atoms with E-state index in [0.29, 0.717) is 10.7 Å². The van der Waals surface area contributed by atoms with Crippen LogP contribution in [0.1, 0.15) is 39.0 Å². The summed E-state index contributed by atoms with van der Waals surface area (Å²) in [5, 5.41) is 0.789. The summed E-state index contributed by atoms with van der Waals surface area (Å²) in [7, 11) is -0.999. The van der Waals surface area contributed by atoms with Gasteiger partial charge in [0.1, 0.15) is 0 Å². The van der Waals surface area contributed by atoms with Crippen LogP contribution in [0.15, 0.2) is 23.1 Å². The third-order valence-corrected chi connectivity index (χ3v) is 6.04. The van der Waals surface area contributed by atoms with Gasteiger partial charge in [-0.1, -0.05) is 37.8 Å². The third-order valence-electron chi connectivity index (χ3n) is 3.79. The van der Waals surface area contributed by atoms with Crippen LogP contribution in [0.25, 0.3) is 0 Å². The van der Waals surface area contributed by atoms with E-state index >= 15 is 0 Å². The zero-order valence-electron chi connectivity index (χ0n) is 10.7. The Bertz CT molecular complexity index is 449. The van der Waals surface area contributed by atoms with Gasteiger partial charge in [-0.2, -0.15) is 0 Å². The summed E-state index contributed by atoms with van der Waals surface area (Å²) in [5.41, 5.74) is 6.29. The Morgan fingerprint density at radius 3 is 2.89 bits per heavy atom. The second kappa shape index (κ2) is 6.07. The van der Waals surface area contributed by atoms with Gasteiger partial charge in [0.15, 0.2) is 0 Å². The highest BCUT2D eigenvalue weighted by Crippen LogP contribution is 2.33. The topological polar surface area (TPSA) is 43.1 Å². The Morgan fingerprint density at radius 1 is 1.44 bits per heavy atom. The fraction of sp³-hybridized carbons (Fsp3) is 0.571. The van der Waals surface area contributed by atoms with Crippen LogP contribution in [0.5, 0.6) is 0 Å². The minimum Gasteiger partial charge on any atom is -0.399 e. The standard InChI is InChI=1S/C14H20ClNOS/c1-2-10-4-3-5-12(8-10)18(17)14-7-6-11(16)9-13(14)15/h6-7,9-10,12H,2-5,8,16H2,1H3. The smallest absolute Gasteiger partial charge is 0.0588 e. The molecule has 3 unspecified atom stereocenters. The molecule has 1 saturated carbocycles. The molecule has 1 aliphatic carbocycles. The minimum absolute atomic E-state index is 0.254. The van der Waals surface area contributed by atoms with Crippen molar-refractivity contribution in [2.45, 2.75) is 49.2 Å². The largest absolute Gasteiger partial charge is 0.399 e. The molecule has 1 fully saturated rings. The normalized spacial score (nSPS) is 25.9. The first kappa shape index (κ1) is 13.9. The van der Waals surface area contributed by atoms with E-state index in [1.165, 1.54) is 19.3 Å². The number of nitrogen functional groups attached to an aromatic ring is 1. The lowest BCUT2D eigenvalue weighted by molar-refractivity contribution is 0.353. The quantitative estimate of drug-likeness (QED) is 0.853. The molecule has 2 nitrogen and oxygen atoms in total. The van der Waals surface area contributed by atoms with Gasteiger partial charge in [0, 0.05) is 10.9 Å². The molecule has 0 radical (unpaired) electrons. The fourth-order valence-corrected chi connectivity index (χ4v) is 4.72. The summed E-state index contributed by atoms with van der Waals surface area (Å²) < 4.78 is 12.6. The monoisotopic (exact) mass is 285 g/mol. The lowest BCUT2D eigenvalue weighted by atomic mass is 9.87. The SMILES string of the molecule is CCC1CCCC(S(=O)c2ccc(N)cc2Cl)C1. The molecule has 2 N–H and O–H groups in total. The van der Waals surface area contributed by atoms with Crippen molar-refractivity contribution in [1.82, 2.24) is 0 Å². The van der Waals surface area contributed by atoms with E-state index in [2.05, 4.69) is 6.92 Å². The third kappa shape index (κ3) is 3.07. The highest BCUT2D eigenvalue weighted by molar-refractivity contribution is 7.85. The molecule has 1 aromatic rings. The average molecular weight is 286 g/mol. The van der Waals surface area contributed by atoms with Crippen molar-refractivity contribution in [3.8, 4) is 0 Å². The summed E-state index contributed by atoms with van der Waals surface area (Å²) in [4.78, 5) is 0.743. The summed E-state index contributed by atoms with van der Waals surface area (Å²) in [6, 6.07) is 5.28. The Morgan fingerprint density at radius 2 is 2.22 bits per heavy atom. The van der Waals surface area contributed by atoms with Crippen molar-refractivity contribution in [3.05, 3.63) is 23.2 Å². The molecular weight excluding hydrogens is 266 g/mol. The van der Waals surface area contributed by atoms with E-state index in [9.17, 15) is 4.21 Å². The lowest BCUT2D eigenvalue weighted by Crippen LogP contribution is -2.24. The van der Waals surface area contributed by atoms with E-state index in [1.54, 1.807) is 12.1 Å². The van der Waals surface area contributed by atoms with E-state index in [1.807, 2.05) is 6.07 Å². The molecule has 4 heteroatoms. The second-order valence-corrected chi connectivity index (χ2v) is 7.16. The van der Waals surface area contributed by atoms with Gasteiger partial charge in [0.05, 0.1) is 20.7 Å². The first-order valence-electron chi connectivity index (χ1n) is 6.57. The van der Waals surface area contributed by atoms with Gasteiger partial charge in [0.2, 0.25) is 0 Å². The van der Waals surface area contributed by atoms with Crippen molar-refractivity contribution in [1.29, 1.82) is 0 Å². The molecule has 2 rings (SSSR count). The number of anilines is 1. The van der Waals surface area contributed by atoms with E-state index in [-0.39, 0.29) is 5.25 Å². The average Bonchev–Trinajstić information content (AvgIpc) is 2.38. The number of nitrogens with two attached hydrogens (primary N) is 1. The number of rotatable bonds is 3. The maximum atomic E-state index is 12.6. The number of benzene rings is 1. The molecule has 0 aromatic heterocycles. The van der Waals surface area contributed by atoms with E-state index in [0.717, 1.165) is 23.7 Å². The molecule has 3 atom stereocenters. The van der Waals surface area contributed by atoms with Crippen molar-refractivity contribution in [2.75, 3.05) is 5.73 Å². The van der Waals surface area contributed by atoms with Crippen LogP contribution in [0, 0.1) is 5.92 Å². The summed E-state index contributed by atoms with van der Waals surface area (Å²) >= 11 is 6.14. The van der Waals surface area contributed by atoms with E-state index < -0.39 is 10.8 Å². The molecule has 0 amide bonds. The van der Waals surface area contributed by atoms with Gasteiger partial charge in [-0.25, -0.2) is 0 Å². The number of hydrogen-bond acceptors (Lipinski definition) is 2. The van der Waals surface area contributed by atoms with Crippen molar-refractivity contribution in [2.24, 2.45) is 5.92 Å². The minimum atomic E-state index is -0.999. The van der Waals surface area contributed by atoms with Crippen molar-refractivity contribution >= 4 is 28.1 Å². The summed E-state index contributed by atoms with van der Waals surface area (Å²) in [5.74, 6) is 0.722. The molecule has 18 heavy (non-hydrogen) atoms. The second-order valence-electron chi connectivity index (χ2n) is 5.05. The predicted molar refractivity (Wildman–Crippen MR) is 78.3 cm³/mol. The Labute approximate surface area is 116 Å². The van der Waals surface area contributed by atoms with Crippen molar-refractivity contribution in [3.63, 3.8) is 0 Å². The molecule has 1 aliphatic rings. The molecule has 100 valence electrons. The van der Waals surface area contributed by atoms with Gasteiger partial charge in [0.25, 0.3) is 0 Å². The lowest BCUT2D eigenvalue weighted by Gasteiger charge is -2.28. The van der Waals surface area contributed by atoms with Crippen LogP contribution in [-0.2, 0) is 10.8 Å². The molecule has 0 saturated heterocycles. The Balaban J connectivity index is 2.15. The van der Waals surface area contributed by atoms with Crippen LogP contribution in [0.3, 0.4) is 0 Å². The van der Waals surface area contributed by atoms with Crippen LogP contribution < -0.4 is 5.73 Å². The molecule has 0 spiro atoms. The first-order valence-corrected chi connectivity index (χ1v) is 8.16. The van der Waals surface area contributed by atoms with Crippen LogP contribution in [0.2, 0.25) is 5.02 Å². The highest BCUT2D eigenvalue weighted by atomic mass is 35.5. The van der Waals surface area contributed by atoms with Crippen molar-refractivity contribution < 1.29 is 4.21 Å². The van der Waals surface area contributed by atoms with Crippen LogP contribution in [0.4, 0.5) is 5.69 Å².